The second-order valence-electron chi connectivity index (χ2n) is 8.75. The number of benzene rings is 1. The molecule has 1 aliphatic rings. The predicted molar refractivity (Wildman–Crippen MR) is 110 cm³/mol. The van der Waals surface area contributed by atoms with Gasteiger partial charge in [0.05, 0.1) is 5.69 Å². The molecule has 7 heteroatoms. The summed E-state index contributed by atoms with van der Waals surface area (Å²) in [6.45, 7) is 10.2. The third-order valence-corrected chi connectivity index (χ3v) is 5.68. The zero-order valence-corrected chi connectivity index (χ0v) is 17.8. The number of nitriles is 1. The number of ether oxygens (including phenoxy) is 1. The molecule has 4 rings (SSSR count). The van der Waals surface area contributed by atoms with Crippen LogP contribution in [-0.4, -0.2) is 20.7 Å². The van der Waals surface area contributed by atoms with Crippen LogP contribution in [0.15, 0.2) is 12.1 Å². The summed E-state index contributed by atoms with van der Waals surface area (Å²) >= 11 is 0. The normalized spacial score (nSPS) is 13.4. The van der Waals surface area contributed by atoms with Crippen LogP contribution < -0.4 is 4.74 Å². The summed E-state index contributed by atoms with van der Waals surface area (Å²) in [6.07, 6.45) is 1.53. The molecule has 30 heavy (non-hydrogen) atoms. The molecular formula is C23H23FN4O2. The van der Waals surface area contributed by atoms with E-state index < -0.39 is 11.8 Å². The van der Waals surface area contributed by atoms with Gasteiger partial charge in [0.2, 0.25) is 0 Å². The number of hydrogen-bond acceptors (Lipinski definition) is 5. The number of aryl methyl sites for hydroxylation is 2. The van der Waals surface area contributed by atoms with Gasteiger partial charge >= 0.3 is 5.97 Å². The van der Waals surface area contributed by atoms with Gasteiger partial charge in [-0.3, -0.25) is 4.68 Å². The maximum atomic E-state index is 14.9. The van der Waals surface area contributed by atoms with E-state index in [-0.39, 0.29) is 27.9 Å². The molecule has 0 N–H and O–H groups in total. The van der Waals surface area contributed by atoms with Gasteiger partial charge in [-0.05, 0) is 49.8 Å². The lowest BCUT2D eigenvalue weighted by atomic mass is 9.86. The first-order valence-corrected chi connectivity index (χ1v) is 9.94. The van der Waals surface area contributed by atoms with Crippen LogP contribution in [0.25, 0.3) is 10.9 Å². The van der Waals surface area contributed by atoms with Crippen LogP contribution in [0, 0.1) is 31.0 Å². The Morgan fingerprint density at radius 1 is 1.30 bits per heavy atom. The van der Waals surface area contributed by atoms with Gasteiger partial charge in [-0.1, -0.05) is 20.8 Å². The molecule has 0 bridgehead atoms. The first kappa shape index (κ1) is 20.0. The lowest BCUT2D eigenvalue weighted by molar-refractivity contribution is 0.0734. The molecule has 0 fully saturated rings. The molecule has 6 nitrogen and oxygen atoms in total. The molecule has 0 spiro atoms. The smallest absolute Gasteiger partial charge is 0.348 e. The van der Waals surface area contributed by atoms with Crippen LogP contribution >= 0.6 is 0 Å². The van der Waals surface area contributed by atoms with E-state index >= 15 is 0 Å². The third kappa shape index (κ3) is 3.13. The molecule has 3 heterocycles. The number of esters is 1. The van der Waals surface area contributed by atoms with Gasteiger partial charge in [-0.2, -0.15) is 10.4 Å². The van der Waals surface area contributed by atoms with Crippen molar-refractivity contribution in [2.45, 2.75) is 59.4 Å². The maximum absolute atomic E-state index is 14.9. The van der Waals surface area contributed by atoms with E-state index in [1.165, 1.54) is 6.07 Å². The number of aromatic nitrogens is 3. The van der Waals surface area contributed by atoms with E-state index in [1.54, 1.807) is 18.5 Å². The molecular weight excluding hydrogens is 383 g/mol. The predicted octanol–water partition coefficient (Wildman–Crippen LogP) is 4.52. The number of pyridine rings is 1. The summed E-state index contributed by atoms with van der Waals surface area (Å²) < 4.78 is 22.4. The van der Waals surface area contributed by atoms with E-state index in [0.29, 0.717) is 35.3 Å². The minimum absolute atomic E-state index is 0.0593. The quantitative estimate of drug-likeness (QED) is 0.585. The van der Waals surface area contributed by atoms with E-state index in [9.17, 15) is 14.4 Å². The fraction of sp³-hybridized carbons (Fsp3) is 0.391. The summed E-state index contributed by atoms with van der Waals surface area (Å²) in [6, 6.07) is 5.30. The Balaban J connectivity index is 1.89. The molecule has 1 aliphatic heterocycles. The fourth-order valence-corrected chi connectivity index (χ4v) is 3.84. The number of carbonyl (C=O) groups excluding carboxylic acids is 1. The van der Waals surface area contributed by atoms with E-state index in [0.717, 1.165) is 12.0 Å². The highest BCUT2D eigenvalue weighted by molar-refractivity contribution is 5.98. The molecule has 0 saturated heterocycles. The van der Waals surface area contributed by atoms with Crippen LogP contribution in [0.4, 0.5) is 4.39 Å². The average molecular weight is 406 g/mol. The SMILES string of the molecule is Cc1nc2c(F)cc(C(C)(C)C)cc2c(OC(=O)c2c(C#N)nn3c2CCC3)c1C. The summed E-state index contributed by atoms with van der Waals surface area (Å²) in [7, 11) is 0. The highest BCUT2D eigenvalue weighted by Crippen LogP contribution is 2.36. The monoisotopic (exact) mass is 406 g/mol. The molecule has 154 valence electrons. The number of rotatable bonds is 2. The molecule has 2 aromatic heterocycles. The number of hydrogen-bond donors (Lipinski definition) is 0. The number of carbonyl (C=O) groups is 1. The van der Waals surface area contributed by atoms with E-state index in [1.807, 2.05) is 32.9 Å². The number of halogens is 1. The van der Waals surface area contributed by atoms with Crippen LogP contribution in [0.1, 0.15) is 65.8 Å². The minimum Gasteiger partial charge on any atom is -0.422 e. The summed E-state index contributed by atoms with van der Waals surface area (Å²) in [5.41, 5.74) is 2.85. The summed E-state index contributed by atoms with van der Waals surface area (Å²) in [5.74, 6) is -0.831. The first-order valence-electron chi connectivity index (χ1n) is 9.94. The van der Waals surface area contributed by atoms with Crippen molar-refractivity contribution in [3.05, 3.63) is 51.7 Å². The fourth-order valence-electron chi connectivity index (χ4n) is 3.84. The Bertz CT molecular complexity index is 1250. The van der Waals surface area contributed by atoms with Gasteiger partial charge in [0.1, 0.15) is 28.7 Å². The van der Waals surface area contributed by atoms with Crippen LogP contribution in [0.2, 0.25) is 0 Å². The zero-order chi connectivity index (χ0) is 21.8. The topological polar surface area (TPSA) is 80.8 Å². The third-order valence-electron chi connectivity index (χ3n) is 5.68. The van der Waals surface area contributed by atoms with Gasteiger partial charge in [0.25, 0.3) is 0 Å². The van der Waals surface area contributed by atoms with Crippen LogP contribution in [0.3, 0.4) is 0 Å². The van der Waals surface area contributed by atoms with Crippen molar-refractivity contribution in [3.63, 3.8) is 0 Å². The highest BCUT2D eigenvalue weighted by atomic mass is 19.1. The molecule has 3 aromatic rings. The van der Waals surface area contributed by atoms with Crippen LogP contribution in [-0.2, 0) is 18.4 Å². The molecule has 0 unspecified atom stereocenters. The summed E-state index contributed by atoms with van der Waals surface area (Å²) in [5, 5.41) is 14.1. The van der Waals surface area contributed by atoms with Crippen LogP contribution in [0.5, 0.6) is 5.75 Å². The van der Waals surface area contributed by atoms with Crippen molar-refractivity contribution < 1.29 is 13.9 Å². The Labute approximate surface area is 174 Å². The largest absolute Gasteiger partial charge is 0.422 e. The van der Waals surface area contributed by atoms with Gasteiger partial charge in [0, 0.05) is 23.2 Å². The van der Waals surface area contributed by atoms with Crippen molar-refractivity contribution in [2.75, 3.05) is 0 Å². The van der Waals surface area contributed by atoms with Gasteiger partial charge in [0.15, 0.2) is 5.69 Å². The molecule has 0 aliphatic carbocycles. The molecule has 0 radical (unpaired) electrons. The maximum Gasteiger partial charge on any atom is 0.348 e. The van der Waals surface area contributed by atoms with Gasteiger partial charge in [-0.15, -0.1) is 0 Å². The Kier molecular flexibility index (Phi) is 4.61. The van der Waals surface area contributed by atoms with Crippen molar-refractivity contribution in [1.82, 2.24) is 14.8 Å². The number of nitrogens with zero attached hydrogens (tertiary/aromatic N) is 4. The second-order valence-corrected chi connectivity index (χ2v) is 8.75. The lowest BCUT2D eigenvalue weighted by Crippen LogP contribution is -2.15. The Morgan fingerprint density at radius 2 is 2.03 bits per heavy atom. The summed E-state index contributed by atoms with van der Waals surface area (Å²) in [4.78, 5) is 17.5. The molecule has 0 saturated carbocycles. The zero-order valence-electron chi connectivity index (χ0n) is 17.8. The van der Waals surface area contributed by atoms with Gasteiger partial charge < -0.3 is 4.74 Å². The van der Waals surface area contributed by atoms with Crippen molar-refractivity contribution >= 4 is 16.9 Å². The highest BCUT2D eigenvalue weighted by Gasteiger charge is 2.29. The average Bonchev–Trinajstić information content (AvgIpc) is 3.25. The second kappa shape index (κ2) is 6.91. The van der Waals surface area contributed by atoms with Crippen molar-refractivity contribution in [1.29, 1.82) is 5.26 Å². The van der Waals surface area contributed by atoms with Crippen molar-refractivity contribution in [2.24, 2.45) is 0 Å². The van der Waals surface area contributed by atoms with E-state index in [2.05, 4.69) is 10.1 Å². The molecule has 1 aromatic carbocycles. The first-order chi connectivity index (χ1) is 14.1. The number of fused-ring (bicyclic) bond motifs is 2. The Hall–Kier alpha value is -3.27. The van der Waals surface area contributed by atoms with E-state index in [4.69, 9.17) is 4.74 Å². The molecule has 0 amide bonds. The standard InChI is InChI=1S/C23H23FN4O2/c1-12-13(2)26-20-15(9-14(10-16(20)24)23(3,4)5)21(12)30-22(29)19-17(11-25)27-28-8-6-7-18(19)28/h9-10H,6-8H2,1-5H3. The minimum atomic E-state index is -0.647. The van der Waals surface area contributed by atoms with Gasteiger partial charge in [-0.25, -0.2) is 14.2 Å². The van der Waals surface area contributed by atoms with Crippen molar-refractivity contribution in [3.8, 4) is 11.8 Å². The Morgan fingerprint density at radius 3 is 2.70 bits per heavy atom. The lowest BCUT2D eigenvalue weighted by Gasteiger charge is -2.21. The molecule has 0 atom stereocenters.